The van der Waals surface area contributed by atoms with Crippen molar-refractivity contribution in [1.29, 1.82) is 0 Å². The molecule has 10 heteroatoms. The van der Waals surface area contributed by atoms with Gasteiger partial charge < -0.3 is 29.1 Å². The van der Waals surface area contributed by atoms with Crippen LogP contribution in [0.15, 0.2) is 47.4 Å². The lowest BCUT2D eigenvalue weighted by molar-refractivity contribution is -0.163. The van der Waals surface area contributed by atoms with Crippen molar-refractivity contribution in [3.63, 3.8) is 0 Å². The summed E-state index contributed by atoms with van der Waals surface area (Å²) in [5, 5.41) is 12.5. The molecule has 6 rings (SSSR count). The van der Waals surface area contributed by atoms with Crippen molar-refractivity contribution in [1.82, 2.24) is 19.3 Å². The molecule has 0 radical (unpaired) electrons. The van der Waals surface area contributed by atoms with Crippen molar-refractivity contribution < 1.29 is 24.2 Å². The number of carbonyl (C=O) groups excluding carboxylic acids is 3. The Morgan fingerprint density at radius 1 is 0.918 bits per heavy atom. The number of hydrogen-bond acceptors (Lipinski definition) is 6. The molecule has 1 spiro atoms. The normalized spacial score (nSPS) is 23.3. The summed E-state index contributed by atoms with van der Waals surface area (Å²) < 4.78 is 7.06. The number of likely N-dealkylation sites (tertiary alicyclic amines) is 1. The number of pyridine rings is 1. The highest BCUT2D eigenvalue weighted by Crippen LogP contribution is 2.52. The number of amides is 3. The molecule has 0 bridgehead atoms. The van der Waals surface area contributed by atoms with Crippen molar-refractivity contribution in [3.8, 4) is 11.1 Å². The lowest BCUT2D eigenvalue weighted by Gasteiger charge is -2.53. The third kappa shape index (κ3) is 7.44. The molecule has 10 nitrogen and oxygen atoms in total. The van der Waals surface area contributed by atoms with Crippen molar-refractivity contribution in [2.24, 2.45) is 17.3 Å². The second-order valence-electron chi connectivity index (χ2n) is 16.2. The molecule has 1 N–H and O–H groups in total. The van der Waals surface area contributed by atoms with E-state index in [9.17, 15) is 24.3 Å². The van der Waals surface area contributed by atoms with Crippen LogP contribution in [0, 0.1) is 17.3 Å². The number of piperidine rings is 1. The minimum absolute atomic E-state index is 0.0253. The summed E-state index contributed by atoms with van der Waals surface area (Å²) in [5.41, 5.74) is -0.895. The van der Waals surface area contributed by atoms with Crippen LogP contribution in [0.25, 0.3) is 11.1 Å². The van der Waals surface area contributed by atoms with Gasteiger partial charge >= 0.3 is 6.09 Å². The first-order chi connectivity index (χ1) is 23.3. The second kappa shape index (κ2) is 13.9. The molecule has 2 aliphatic heterocycles. The fourth-order valence-corrected chi connectivity index (χ4v) is 8.52. The first kappa shape index (κ1) is 35.2. The Morgan fingerprint density at radius 2 is 1.57 bits per heavy atom. The van der Waals surface area contributed by atoms with Crippen LogP contribution in [0.5, 0.6) is 0 Å². The van der Waals surface area contributed by atoms with Crippen LogP contribution in [-0.4, -0.2) is 92.8 Å². The number of piperazine rings is 1. The Balaban J connectivity index is 1.25. The van der Waals surface area contributed by atoms with Crippen molar-refractivity contribution in [2.45, 2.75) is 103 Å². The summed E-state index contributed by atoms with van der Waals surface area (Å²) in [7, 11) is 0. The van der Waals surface area contributed by atoms with E-state index in [1.165, 1.54) is 29.9 Å². The molecule has 2 unspecified atom stereocenters. The molecule has 2 atom stereocenters. The van der Waals surface area contributed by atoms with Gasteiger partial charge in [-0.1, -0.05) is 69.4 Å². The summed E-state index contributed by atoms with van der Waals surface area (Å²) in [6, 6.07) is 10.9. The van der Waals surface area contributed by atoms with Crippen LogP contribution in [0.1, 0.15) is 95.8 Å². The number of rotatable bonds is 7. The van der Waals surface area contributed by atoms with E-state index < -0.39 is 22.7 Å². The molecule has 2 aromatic rings. The maximum Gasteiger partial charge on any atom is 0.410 e. The first-order valence-corrected chi connectivity index (χ1v) is 18.4. The number of nitrogens with zero attached hydrogens (tertiary/aromatic N) is 4. The Hall–Kier alpha value is -3.66. The topological polar surface area (TPSA) is 112 Å². The number of ether oxygens (including phenoxy) is 1. The lowest BCUT2D eigenvalue weighted by Crippen LogP contribution is -2.62. The van der Waals surface area contributed by atoms with E-state index in [0.717, 1.165) is 37.7 Å². The zero-order chi connectivity index (χ0) is 35.0. The van der Waals surface area contributed by atoms with E-state index in [-0.39, 0.29) is 29.8 Å². The van der Waals surface area contributed by atoms with Gasteiger partial charge in [0.15, 0.2) is 0 Å². The zero-order valence-electron chi connectivity index (χ0n) is 29.8. The Kier molecular flexibility index (Phi) is 10.00. The molecule has 4 aliphatic rings. The van der Waals surface area contributed by atoms with E-state index >= 15 is 0 Å². The molecule has 49 heavy (non-hydrogen) atoms. The van der Waals surface area contributed by atoms with Crippen molar-refractivity contribution >= 4 is 17.9 Å². The van der Waals surface area contributed by atoms with Crippen LogP contribution in [-0.2, 0) is 16.1 Å². The minimum atomic E-state index is -1.20. The Labute approximate surface area is 290 Å². The highest BCUT2D eigenvalue weighted by atomic mass is 16.6. The van der Waals surface area contributed by atoms with E-state index in [2.05, 4.69) is 0 Å². The quantitative estimate of drug-likeness (QED) is 0.412. The minimum Gasteiger partial charge on any atom is -0.444 e. The summed E-state index contributed by atoms with van der Waals surface area (Å²) in [4.78, 5) is 59.7. The molecule has 1 aromatic carbocycles. The molecule has 3 amide bonds. The van der Waals surface area contributed by atoms with Crippen molar-refractivity contribution in [2.75, 3.05) is 39.3 Å². The Morgan fingerprint density at radius 3 is 2.18 bits per heavy atom. The second-order valence-corrected chi connectivity index (χ2v) is 16.2. The fourth-order valence-electron chi connectivity index (χ4n) is 8.52. The van der Waals surface area contributed by atoms with Gasteiger partial charge in [0.2, 0.25) is 5.91 Å². The molecule has 4 fully saturated rings. The van der Waals surface area contributed by atoms with Gasteiger partial charge in [0.25, 0.3) is 11.5 Å². The van der Waals surface area contributed by atoms with Crippen LogP contribution in [0.3, 0.4) is 0 Å². The number of benzene rings is 1. The standard InChI is InChI=1S/C39H54N4O6/c1-28(23-29-11-10-12-29)34(45)42-18-17-39(48,38(26-42)15-8-9-16-38)27-43-25-32(31(24-33(43)44)30-13-6-5-7-14-30)35(46)40-19-21-41(22-20-40)36(47)49-37(2,3)4/h5-7,13-14,24-25,28-29,48H,8-12,15-23,26-27H2,1-4H3. The highest BCUT2D eigenvalue weighted by Gasteiger charge is 2.56. The molecule has 266 valence electrons. The molecular formula is C39H54N4O6. The molecular weight excluding hydrogens is 620 g/mol. The smallest absolute Gasteiger partial charge is 0.410 e. The van der Waals surface area contributed by atoms with Crippen molar-refractivity contribution in [3.05, 3.63) is 58.5 Å². The molecule has 2 saturated carbocycles. The van der Waals surface area contributed by atoms with Gasteiger partial charge in [-0.2, -0.15) is 0 Å². The van der Waals surface area contributed by atoms with Gasteiger partial charge in [-0.05, 0) is 57.9 Å². The summed E-state index contributed by atoms with van der Waals surface area (Å²) in [6.45, 7) is 9.92. The predicted octanol–water partition coefficient (Wildman–Crippen LogP) is 5.56. The number of aliphatic hydroxyl groups is 1. The van der Waals surface area contributed by atoms with Gasteiger partial charge in [-0.15, -0.1) is 0 Å². The number of carbonyl (C=O) groups is 3. The summed E-state index contributed by atoms with van der Waals surface area (Å²) >= 11 is 0. The maximum atomic E-state index is 14.2. The third-order valence-corrected chi connectivity index (χ3v) is 11.6. The largest absolute Gasteiger partial charge is 0.444 e. The van der Waals surface area contributed by atoms with Gasteiger partial charge in [0.1, 0.15) is 5.60 Å². The molecule has 1 aromatic heterocycles. The predicted molar refractivity (Wildman–Crippen MR) is 188 cm³/mol. The maximum absolute atomic E-state index is 14.2. The van der Waals surface area contributed by atoms with Crippen LogP contribution >= 0.6 is 0 Å². The van der Waals surface area contributed by atoms with Crippen LogP contribution in [0.4, 0.5) is 4.79 Å². The average Bonchev–Trinajstić information content (AvgIpc) is 3.54. The lowest BCUT2D eigenvalue weighted by atomic mass is 9.65. The molecule has 2 saturated heterocycles. The number of hydrogen-bond donors (Lipinski definition) is 1. The van der Waals surface area contributed by atoms with Gasteiger partial charge in [-0.25, -0.2) is 4.79 Å². The first-order valence-electron chi connectivity index (χ1n) is 18.4. The summed E-state index contributed by atoms with van der Waals surface area (Å²) in [5.74, 6) is 0.587. The highest BCUT2D eigenvalue weighted by molar-refractivity contribution is 6.00. The molecule has 2 aliphatic carbocycles. The van der Waals surface area contributed by atoms with E-state index in [1.54, 1.807) is 16.0 Å². The fraction of sp³-hybridized carbons (Fsp3) is 0.641. The van der Waals surface area contributed by atoms with E-state index in [4.69, 9.17) is 4.74 Å². The van der Waals surface area contributed by atoms with Crippen LogP contribution < -0.4 is 5.56 Å². The van der Waals surface area contributed by atoms with Gasteiger partial charge in [0.05, 0.1) is 17.7 Å². The monoisotopic (exact) mass is 674 g/mol. The zero-order valence-corrected chi connectivity index (χ0v) is 29.8. The van der Waals surface area contributed by atoms with E-state index in [0.29, 0.717) is 62.7 Å². The van der Waals surface area contributed by atoms with E-state index in [1.807, 2.05) is 62.9 Å². The van der Waals surface area contributed by atoms with Gasteiger partial charge in [-0.3, -0.25) is 14.4 Å². The summed E-state index contributed by atoms with van der Waals surface area (Å²) in [6.07, 6.45) is 9.79. The number of aromatic nitrogens is 1. The van der Waals surface area contributed by atoms with Gasteiger partial charge in [0, 0.05) is 68.4 Å². The Bertz CT molecular complexity index is 1580. The third-order valence-electron chi connectivity index (χ3n) is 11.6. The SMILES string of the molecule is CC(CC1CCC1)C(=O)N1CCC(O)(Cn2cc(C(=O)N3CCN(C(=O)OC(C)(C)C)CC3)c(-c3ccccc3)cc2=O)C2(CCCC2)C1. The molecule has 3 heterocycles. The average molecular weight is 675 g/mol. The van der Waals surface area contributed by atoms with Crippen LogP contribution in [0.2, 0.25) is 0 Å².